The zero-order chi connectivity index (χ0) is 19.6. The minimum Gasteiger partial charge on any atom is -0.331 e. The Labute approximate surface area is 172 Å². The van der Waals surface area contributed by atoms with E-state index in [9.17, 15) is 4.79 Å². The average molecular weight is 395 g/mol. The van der Waals surface area contributed by atoms with E-state index < -0.39 is 0 Å². The highest BCUT2D eigenvalue weighted by molar-refractivity contribution is 5.74. The molecule has 0 radical (unpaired) electrons. The van der Waals surface area contributed by atoms with Crippen LogP contribution in [0.5, 0.6) is 0 Å². The monoisotopic (exact) mass is 394 g/mol. The lowest BCUT2D eigenvalue weighted by atomic mass is 10.0. The van der Waals surface area contributed by atoms with Crippen LogP contribution in [0.2, 0.25) is 0 Å². The Kier molecular flexibility index (Phi) is 5.23. The zero-order valence-electron chi connectivity index (χ0n) is 17.0. The molecule has 3 aliphatic rings. The van der Waals surface area contributed by atoms with Crippen molar-refractivity contribution in [2.75, 3.05) is 19.6 Å². The molecular formula is C22H30N6O. The molecule has 1 aromatic heterocycles. The molecule has 29 heavy (non-hydrogen) atoms. The van der Waals surface area contributed by atoms with Gasteiger partial charge in [-0.25, -0.2) is 4.79 Å². The number of nitrogens with zero attached hydrogens (tertiary/aromatic N) is 5. The number of aryl methyl sites for hydroxylation is 1. The van der Waals surface area contributed by atoms with Crippen molar-refractivity contribution in [1.29, 1.82) is 0 Å². The fraction of sp³-hybridized carbons (Fsp3) is 0.591. The first-order valence-electron chi connectivity index (χ1n) is 11.0. The Balaban J connectivity index is 1.17. The number of carbonyl (C=O) groups excluding carboxylic acids is 1. The number of benzene rings is 1. The molecule has 0 spiro atoms. The van der Waals surface area contributed by atoms with Crippen LogP contribution >= 0.6 is 0 Å². The Bertz CT molecular complexity index is 850. The molecule has 0 aliphatic carbocycles. The number of amides is 2. The van der Waals surface area contributed by atoms with Crippen LogP contribution < -0.4 is 5.32 Å². The number of hydrogen-bond donors (Lipinski definition) is 1. The number of urea groups is 1. The van der Waals surface area contributed by atoms with Crippen LogP contribution in [-0.4, -0.2) is 56.3 Å². The van der Waals surface area contributed by atoms with E-state index in [0.717, 1.165) is 50.8 Å². The number of likely N-dealkylation sites (tertiary alicyclic amines) is 2. The fourth-order valence-corrected chi connectivity index (χ4v) is 5.17. The van der Waals surface area contributed by atoms with E-state index >= 15 is 0 Å². The largest absolute Gasteiger partial charge is 0.331 e. The highest BCUT2D eigenvalue weighted by atomic mass is 16.2. The molecular weight excluding hydrogens is 364 g/mol. The second kappa shape index (κ2) is 8.14. The summed E-state index contributed by atoms with van der Waals surface area (Å²) in [7, 11) is 0. The van der Waals surface area contributed by atoms with Crippen molar-refractivity contribution in [3.05, 3.63) is 47.5 Å². The lowest BCUT2D eigenvalue weighted by Gasteiger charge is -2.25. The molecule has 0 saturated carbocycles. The van der Waals surface area contributed by atoms with E-state index in [4.69, 9.17) is 0 Å². The summed E-state index contributed by atoms with van der Waals surface area (Å²) in [6.45, 7) is 5.22. The third-order valence-corrected chi connectivity index (χ3v) is 6.76. The number of carbonyl (C=O) groups is 1. The van der Waals surface area contributed by atoms with E-state index in [1.54, 1.807) is 0 Å². The van der Waals surface area contributed by atoms with Gasteiger partial charge in [0.2, 0.25) is 0 Å². The SMILES string of the molecule is O=C(NCc1nnc2n1CCCCC2)N1C[C@@H]2CCN(Cc3ccccc3)[C@@H]2C1. The Hall–Kier alpha value is -2.41. The predicted octanol–water partition coefficient (Wildman–Crippen LogP) is 2.42. The average Bonchev–Trinajstić information content (AvgIpc) is 3.38. The lowest BCUT2D eigenvalue weighted by molar-refractivity contribution is 0.192. The van der Waals surface area contributed by atoms with Crippen molar-refractivity contribution in [3.8, 4) is 0 Å². The quantitative estimate of drug-likeness (QED) is 0.865. The molecule has 3 aliphatic heterocycles. The molecule has 1 aromatic carbocycles. The van der Waals surface area contributed by atoms with Crippen LogP contribution in [-0.2, 0) is 26.1 Å². The maximum atomic E-state index is 12.8. The van der Waals surface area contributed by atoms with Crippen molar-refractivity contribution < 1.29 is 4.79 Å². The summed E-state index contributed by atoms with van der Waals surface area (Å²) in [4.78, 5) is 17.4. The smallest absolute Gasteiger partial charge is 0.317 e. The summed E-state index contributed by atoms with van der Waals surface area (Å²) in [5.74, 6) is 2.55. The molecule has 2 amide bonds. The zero-order valence-corrected chi connectivity index (χ0v) is 17.0. The summed E-state index contributed by atoms with van der Waals surface area (Å²) < 4.78 is 2.20. The first kappa shape index (κ1) is 18.6. The molecule has 7 nitrogen and oxygen atoms in total. The van der Waals surface area contributed by atoms with Crippen LogP contribution in [0, 0.1) is 5.92 Å². The van der Waals surface area contributed by atoms with Gasteiger partial charge in [-0.3, -0.25) is 4.90 Å². The van der Waals surface area contributed by atoms with E-state index in [2.05, 4.69) is 55.3 Å². The molecule has 0 unspecified atom stereocenters. The van der Waals surface area contributed by atoms with Gasteiger partial charge in [-0.2, -0.15) is 0 Å². The van der Waals surface area contributed by atoms with Gasteiger partial charge in [0.25, 0.3) is 0 Å². The molecule has 2 fully saturated rings. The first-order valence-corrected chi connectivity index (χ1v) is 11.0. The third kappa shape index (κ3) is 3.88. The van der Waals surface area contributed by atoms with Crippen LogP contribution in [0.15, 0.2) is 30.3 Å². The second-order valence-electron chi connectivity index (χ2n) is 8.63. The van der Waals surface area contributed by atoms with E-state index in [-0.39, 0.29) is 6.03 Å². The summed E-state index contributed by atoms with van der Waals surface area (Å²) >= 11 is 0. The summed E-state index contributed by atoms with van der Waals surface area (Å²) in [5, 5.41) is 11.8. The van der Waals surface area contributed by atoms with Crippen LogP contribution in [0.1, 0.15) is 42.9 Å². The summed E-state index contributed by atoms with van der Waals surface area (Å²) in [5.41, 5.74) is 1.35. The van der Waals surface area contributed by atoms with Crippen molar-refractivity contribution in [3.63, 3.8) is 0 Å². The van der Waals surface area contributed by atoms with Crippen LogP contribution in [0.25, 0.3) is 0 Å². The third-order valence-electron chi connectivity index (χ3n) is 6.76. The van der Waals surface area contributed by atoms with Gasteiger partial charge in [0.05, 0.1) is 6.54 Å². The predicted molar refractivity (Wildman–Crippen MR) is 110 cm³/mol. The van der Waals surface area contributed by atoms with Crippen LogP contribution in [0.4, 0.5) is 4.79 Å². The van der Waals surface area contributed by atoms with Gasteiger partial charge in [-0.05, 0) is 37.3 Å². The minimum absolute atomic E-state index is 0.0324. The van der Waals surface area contributed by atoms with Crippen LogP contribution in [0.3, 0.4) is 0 Å². The van der Waals surface area contributed by atoms with E-state index in [1.807, 2.05) is 4.90 Å². The number of rotatable bonds is 4. The Morgan fingerprint density at radius 2 is 1.97 bits per heavy atom. The second-order valence-corrected chi connectivity index (χ2v) is 8.63. The first-order chi connectivity index (χ1) is 14.3. The maximum absolute atomic E-state index is 12.8. The van der Waals surface area contributed by atoms with Gasteiger partial charge in [0, 0.05) is 38.6 Å². The molecule has 2 saturated heterocycles. The molecule has 7 heteroatoms. The molecule has 2 aromatic rings. The van der Waals surface area contributed by atoms with E-state index in [0.29, 0.717) is 18.5 Å². The van der Waals surface area contributed by atoms with Gasteiger partial charge < -0.3 is 14.8 Å². The normalized spacial score (nSPS) is 24.2. The molecule has 5 rings (SSSR count). The highest BCUT2D eigenvalue weighted by Crippen LogP contribution is 2.32. The molecule has 1 N–H and O–H groups in total. The fourth-order valence-electron chi connectivity index (χ4n) is 5.17. The van der Waals surface area contributed by atoms with Gasteiger partial charge >= 0.3 is 6.03 Å². The lowest BCUT2D eigenvalue weighted by Crippen LogP contribution is -2.41. The minimum atomic E-state index is 0.0324. The summed E-state index contributed by atoms with van der Waals surface area (Å²) in [6.07, 6.45) is 5.76. The van der Waals surface area contributed by atoms with E-state index in [1.165, 1.54) is 31.2 Å². The van der Waals surface area contributed by atoms with Crippen molar-refractivity contribution in [1.82, 2.24) is 29.9 Å². The molecule has 4 heterocycles. The number of nitrogens with one attached hydrogen (secondary N) is 1. The van der Waals surface area contributed by atoms with Crippen molar-refractivity contribution in [2.45, 2.75) is 57.8 Å². The van der Waals surface area contributed by atoms with Gasteiger partial charge in [-0.1, -0.05) is 36.8 Å². The molecule has 154 valence electrons. The van der Waals surface area contributed by atoms with Crippen molar-refractivity contribution >= 4 is 6.03 Å². The number of hydrogen-bond acceptors (Lipinski definition) is 4. The number of aromatic nitrogens is 3. The number of fused-ring (bicyclic) bond motifs is 2. The Morgan fingerprint density at radius 1 is 1.07 bits per heavy atom. The molecule has 2 atom stereocenters. The Morgan fingerprint density at radius 3 is 2.86 bits per heavy atom. The topological polar surface area (TPSA) is 66.3 Å². The molecule has 0 bridgehead atoms. The summed E-state index contributed by atoms with van der Waals surface area (Å²) in [6, 6.07) is 11.1. The standard InChI is InChI=1S/C22H30N6O/c29-22(23-13-21-25-24-20-9-5-2-6-11-28(20)21)27-15-18-10-12-26(19(18)16-27)14-17-7-3-1-4-8-17/h1,3-4,7-8,18-19H,2,5-6,9-16H2,(H,23,29)/t18-,19+/m0/s1. The van der Waals surface area contributed by atoms with Gasteiger partial charge in [0.1, 0.15) is 5.82 Å². The van der Waals surface area contributed by atoms with Gasteiger partial charge in [0.15, 0.2) is 5.82 Å². The van der Waals surface area contributed by atoms with Gasteiger partial charge in [-0.15, -0.1) is 10.2 Å². The maximum Gasteiger partial charge on any atom is 0.317 e. The highest BCUT2D eigenvalue weighted by Gasteiger charge is 2.42. The van der Waals surface area contributed by atoms with Crippen molar-refractivity contribution in [2.24, 2.45) is 5.92 Å².